The number of urea groups is 1. The van der Waals surface area contributed by atoms with E-state index in [0.29, 0.717) is 19.5 Å². The standard InChI is InChI=1S/C17H23N3O2/c1-11(13-6-5-12-3-2-4-14(12)9-13)19-17(22)20-8-7-15(10-20)16(18)21/h5-6,9,11,15H,2-4,7-8,10H2,1H3,(H2,18,21)(H,19,22)/t11-,15+/m1/s1. The topological polar surface area (TPSA) is 75.4 Å². The van der Waals surface area contributed by atoms with Crippen molar-refractivity contribution in [1.29, 1.82) is 0 Å². The van der Waals surface area contributed by atoms with Crippen LogP contribution in [0.25, 0.3) is 0 Å². The molecule has 0 radical (unpaired) electrons. The number of carbonyl (C=O) groups is 2. The smallest absolute Gasteiger partial charge is 0.317 e. The SMILES string of the molecule is C[C@@H](NC(=O)N1CC[C@H](C(N)=O)C1)c1ccc2c(c1)CCC2. The fourth-order valence-electron chi connectivity index (χ4n) is 3.40. The summed E-state index contributed by atoms with van der Waals surface area (Å²) in [6, 6.07) is 6.34. The van der Waals surface area contributed by atoms with Gasteiger partial charge in [-0.1, -0.05) is 18.2 Å². The molecule has 118 valence electrons. The Bertz CT molecular complexity index is 600. The predicted molar refractivity (Wildman–Crippen MR) is 84.3 cm³/mol. The first kappa shape index (κ1) is 14.9. The molecule has 1 fully saturated rings. The molecule has 2 aliphatic rings. The van der Waals surface area contributed by atoms with Crippen LogP contribution in [0.4, 0.5) is 4.79 Å². The third-order valence-corrected chi connectivity index (χ3v) is 4.84. The highest BCUT2D eigenvalue weighted by Crippen LogP contribution is 2.25. The van der Waals surface area contributed by atoms with Crippen LogP contribution in [0.15, 0.2) is 18.2 Å². The molecule has 1 aliphatic heterocycles. The zero-order chi connectivity index (χ0) is 15.7. The summed E-state index contributed by atoms with van der Waals surface area (Å²) in [6.45, 7) is 3.02. The van der Waals surface area contributed by atoms with E-state index < -0.39 is 0 Å². The number of amides is 3. The molecule has 5 nitrogen and oxygen atoms in total. The van der Waals surface area contributed by atoms with Gasteiger partial charge in [0.25, 0.3) is 0 Å². The molecule has 0 saturated carbocycles. The quantitative estimate of drug-likeness (QED) is 0.892. The van der Waals surface area contributed by atoms with Crippen LogP contribution < -0.4 is 11.1 Å². The van der Waals surface area contributed by atoms with E-state index in [4.69, 9.17) is 5.73 Å². The van der Waals surface area contributed by atoms with Crippen LogP contribution in [0.2, 0.25) is 0 Å². The first-order valence-corrected chi connectivity index (χ1v) is 8.01. The number of carbonyl (C=O) groups excluding carboxylic acids is 2. The van der Waals surface area contributed by atoms with E-state index in [9.17, 15) is 9.59 Å². The number of benzene rings is 1. The van der Waals surface area contributed by atoms with E-state index in [2.05, 4.69) is 23.5 Å². The Hall–Kier alpha value is -2.04. The number of hydrogen-bond acceptors (Lipinski definition) is 2. The van der Waals surface area contributed by atoms with Crippen molar-refractivity contribution in [2.45, 2.75) is 38.6 Å². The van der Waals surface area contributed by atoms with Gasteiger partial charge in [0.2, 0.25) is 5.91 Å². The van der Waals surface area contributed by atoms with Crippen LogP contribution in [0.3, 0.4) is 0 Å². The van der Waals surface area contributed by atoms with Gasteiger partial charge in [0, 0.05) is 13.1 Å². The number of primary amides is 1. The normalized spacial score (nSPS) is 21.5. The highest BCUT2D eigenvalue weighted by atomic mass is 16.2. The Morgan fingerprint density at radius 1 is 1.32 bits per heavy atom. The van der Waals surface area contributed by atoms with Crippen LogP contribution >= 0.6 is 0 Å². The molecule has 0 unspecified atom stereocenters. The Morgan fingerprint density at radius 3 is 2.82 bits per heavy atom. The largest absolute Gasteiger partial charge is 0.369 e. The van der Waals surface area contributed by atoms with Gasteiger partial charge < -0.3 is 16.0 Å². The van der Waals surface area contributed by atoms with Crippen molar-refractivity contribution in [3.8, 4) is 0 Å². The minimum absolute atomic E-state index is 0.0361. The summed E-state index contributed by atoms with van der Waals surface area (Å²) in [7, 11) is 0. The van der Waals surface area contributed by atoms with E-state index in [1.54, 1.807) is 4.90 Å². The fraction of sp³-hybridized carbons (Fsp3) is 0.529. The third-order valence-electron chi connectivity index (χ3n) is 4.84. The number of nitrogens with one attached hydrogen (secondary N) is 1. The van der Waals surface area contributed by atoms with Crippen molar-refractivity contribution in [2.75, 3.05) is 13.1 Å². The molecule has 3 amide bonds. The zero-order valence-corrected chi connectivity index (χ0v) is 13.0. The molecule has 1 saturated heterocycles. The van der Waals surface area contributed by atoms with Crippen molar-refractivity contribution in [2.24, 2.45) is 11.7 Å². The van der Waals surface area contributed by atoms with E-state index in [1.807, 2.05) is 6.92 Å². The lowest BCUT2D eigenvalue weighted by Crippen LogP contribution is -2.40. The fourth-order valence-corrected chi connectivity index (χ4v) is 3.40. The molecule has 0 aromatic heterocycles. The summed E-state index contributed by atoms with van der Waals surface area (Å²) < 4.78 is 0. The van der Waals surface area contributed by atoms with Gasteiger partial charge in [-0.05, 0) is 49.3 Å². The minimum Gasteiger partial charge on any atom is -0.369 e. The van der Waals surface area contributed by atoms with Crippen molar-refractivity contribution in [3.63, 3.8) is 0 Å². The first-order valence-electron chi connectivity index (χ1n) is 8.01. The van der Waals surface area contributed by atoms with E-state index >= 15 is 0 Å². The molecule has 0 spiro atoms. The van der Waals surface area contributed by atoms with Gasteiger partial charge in [0.15, 0.2) is 0 Å². The highest BCUT2D eigenvalue weighted by Gasteiger charge is 2.30. The molecule has 3 N–H and O–H groups in total. The number of rotatable bonds is 3. The van der Waals surface area contributed by atoms with Crippen molar-refractivity contribution in [1.82, 2.24) is 10.2 Å². The Morgan fingerprint density at radius 2 is 2.09 bits per heavy atom. The molecule has 1 aromatic carbocycles. The lowest BCUT2D eigenvalue weighted by molar-refractivity contribution is -0.121. The summed E-state index contributed by atoms with van der Waals surface area (Å²) in [5.41, 5.74) is 9.29. The number of fused-ring (bicyclic) bond motifs is 1. The molecule has 3 rings (SSSR count). The number of likely N-dealkylation sites (tertiary alicyclic amines) is 1. The van der Waals surface area contributed by atoms with Gasteiger partial charge >= 0.3 is 6.03 Å². The first-order chi connectivity index (χ1) is 10.5. The summed E-state index contributed by atoms with van der Waals surface area (Å²) in [4.78, 5) is 25.2. The number of hydrogen-bond donors (Lipinski definition) is 2. The highest BCUT2D eigenvalue weighted by molar-refractivity contribution is 5.80. The van der Waals surface area contributed by atoms with E-state index in [-0.39, 0.29) is 23.9 Å². The molecule has 1 aliphatic carbocycles. The number of nitrogens with two attached hydrogens (primary N) is 1. The molecule has 5 heteroatoms. The molecule has 2 atom stereocenters. The van der Waals surface area contributed by atoms with Gasteiger partial charge in [-0.2, -0.15) is 0 Å². The Labute approximate surface area is 130 Å². The van der Waals surface area contributed by atoms with Gasteiger partial charge in [-0.3, -0.25) is 4.79 Å². The second kappa shape index (κ2) is 5.99. The lowest BCUT2D eigenvalue weighted by atomic mass is 10.0. The zero-order valence-electron chi connectivity index (χ0n) is 13.0. The van der Waals surface area contributed by atoms with Gasteiger partial charge in [-0.25, -0.2) is 4.79 Å². The van der Waals surface area contributed by atoms with Gasteiger partial charge in [0.1, 0.15) is 0 Å². The second-order valence-electron chi connectivity index (χ2n) is 6.39. The van der Waals surface area contributed by atoms with E-state index in [0.717, 1.165) is 12.0 Å². The van der Waals surface area contributed by atoms with Gasteiger partial charge in [-0.15, -0.1) is 0 Å². The molecule has 1 heterocycles. The number of aryl methyl sites for hydroxylation is 2. The Kier molecular flexibility index (Phi) is 4.05. The second-order valence-corrected chi connectivity index (χ2v) is 6.39. The van der Waals surface area contributed by atoms with Crippen molar-refractivity contribution in [3.05, 3.63) is 34.9 Å². The molecule has 22 heavy (non-hydrogen) atoms. The molecular formula is C17H23N3O2. The van der Waals surface area contributed by atoms with Crippen molar-refractivity contribution < 1.29 is 9.59 Å². The maximum absolute atomic E-state index is 12.3. The van der Waals surface area contributed by atoms with Crippen LogP contribution in [-0.2, 0) is 17.6 Å². The monoisotopic (exact) mass is 301 g/mol. The predicted octanol–water partition coefficient (Wildman–Crippen LogP) is 1.75. The van der Waals surface area contributed by atoms with Crippen LogP contribution in [0, 0.1) is 5.92 Å². The average Bonchev–Trinajstić information content (AvgIpc) is 3.15. The summed E-state index contributed by atoms with van der Waals surface area (Å²) in [5, 5.41) is 3.02. The summed E-state index contributed by atoms with van der Waals surface area (Å²) in [5.74, 6) is -0.525. The summed E-state index contributed by atoms with van der Waals surface area (Å²) >= 11 is 0. The third kappa shape index (κ3) is 2.93. The van der Waals surface area contributed by atoms with Crippen LogP contribution in [0.1, 0.15) is 42.5 Å². The molecule has 1 aromatic rings. The minimum atomic E-state index is -0.318. The van der Waals surface area contributed by atoms with Gasteiger partial charge in [0.05, 0.1) is 12.0 Å². The maximum atomic E-state index is 12.3. The average molecular weight is 301 g/mol. The lowest BCUT2D eigenvalue weighted by Gasteiger charge is -2.21. The summed E-state index contributed by atoms with van der Waals surface area (Å²) in [6.07, 6.45) is 4.19. The maximum Gasteiger partial charge on any atom is 0.317 e. The number of nitrogens with zero attached hydrogens (tertiary/aromatic N) is 1. The van der Waals surface area contributed by atoms with Crippen LogP contribution in [0.5, 0.6) is 0 Å². The molecular weight excluding hydrogens is 278 g/mol. The Balaban J connectivity index is 1.61. The van der Waals surface area contributed by atoms with Crippen LogP contribution in [-0.4, -0.2) is 29.9 Å². The van der Waals surface area contributed by atoms with Crippen molar-refractivity contribution >= 4 is 11.9 Å². The molecule has 0 bridgehead atoms. The van der Waals surface area contributed by atoms with E-state index in [1.165, 1.54) is 24.0 Å².